The third kappa shape index (κ3) is 2.41. The molecular formula is C17H20. The van der Waals surface area contributed by atoms with Crippen molar-refractivity contribution in [2.24, 2.45) is 0 Å². The van der Waals surface area contributed by atoms with Crippen LogP contribution in [0.25, 0.3) is 11.1 Å². The van der Waals surface area contributed by atoms with Gasteiger partial charge >= 0.3 is 0 Å². The SMILES string of the molecule is CCc1ccc(-c2c(C)cc(C)cc2C)cc1. The summed E-state index contributed by atoms with van der Waals surface area (Å²) in [5.41, 5.74) is 8.19. The minimum Gasteiger partial charge on any atom is -0.0613 e. The van der Waals surface area contributed by atoms with E-state index in [1.165, 1.54) is 33.4 Å². The number of hydrogen-bond acceptors (Lipinski definition) is 0. The van der Waals surface area contributed by atoms with Gasteiger partial charge in [-0.1, -0.05) is 48.9 Å². The molecule has 0 saturated carbocycles. The van der Waals surface area contributed by atoms with Gasteiger partial charge < -0.3 is 0 Å². The maximum absolute atomic E-state index is 2.26. The molecule has 0 N–H and O–H groups in total. The van der Waals surface area contributed by atoms with Gasteiger partial charge in [0.15, 0.2) is 0 Å². The summed E-state index contributed by atoms with van der Waals surface area (Å²) in [6, 6.07) is 13.5. The fourth-order valence-electron chi connectivity index (χ4n) is 2.54. The number of benzene rings is 2. The van der Waals surface area contributed by atoms with E-state index in [-0.39, 0.29) is 0 Å². The standard InChI is InChI=1S/C17H20/c1-5-15-6-8-16(9-7-15)17-13(3)10-12(2)11-14(17)4/h6-11H,5H2,1-4H3. The second-order valence-corrected chi connectivity index (χ2v) is 4.82. The third-order valence-electron chi connectivity index (χ3n) is 3.33. The van der Waals surface area contributed by atoms with E-state index in [0.29, 0.717) is 0 Å². The topological polar surface area (TPSA) is 0 Å². The van der Waals surface area contributed by atoms with E-state index in [1.54, 1.807) is 0 Å². The molecule has 0 atom stereocenters. The van der Waals surface area contributed by atoms with Crippen LogP contribution in [0.2, 0.25) is 0 Å². The van der Waals surface area contributed by atoms with Gasteiger partial charge in [-0.15, -0.1) is 0 Å². The summed E-state index contributed by atoms with van der Waals surface area (Å²) in [6.45, 7) is 8.74. The fraction of sp³-hybridized carbons (Fsp3) is 0.294. The predicted octanol–water partition coefficient (Wildman–Crippen LogP) is 4.84. The lowest BCUT2D eigenvalue weighted by Crippen LogP contribution is -1.90. The van der Waals surface area contributed by atoms with E-state index >= 15 is 0 Å². The van der Waals surface area contributed by atoms with Crippen LogP contribution in [-0.2, 0) is 6.42 Å². The molecule has 0 heteroatoms. The van der Waals surface area contributed by atoms with Crippen molar-refractivity contribution in [3.63, 3.8) is 0 Å². The summed E-state index contributed by atoms with van der Waals surface area (Å²) in [7, 11) is 0. The number of hydrogen-bond donors (Lipinski definition) is 0. The lowest BCUT2D eigenvalue weighted by atomic mass is 9.93. The van der Waals surface area contributed by atoms with E-state index in [0.717, 1.165) is 6.42 Å². The molecule has 0 aliphatic rings. The van der Waals surface area contributed by atoms with Crippen LogP contribution < -0.4 is 0 Å². The van der Waals surface area contributed by atoms with Gasteiger partial charge in [-0.25, -0.2) is 0 Å². The molecule has 0 aliphatic heterocycles. The van der Waals surface area contributed by atoms with Crippen LogP contribution >= 0.6 is 0 Å². The van der Waals surface area contributed by atoms with Crippen molar-refractivity contribution in [3.05, 3.63) is 58.7 Å². The largest absolute Gasteiger partial charge is 0.0613 e. The normalized spacial score (nSPS) is 10.6. The Balaban J connectivity index is 2.52. The molecule has 88 valence electrons. The molecule has 0 fully saturated rings. The average molecular weight is 224 g/mol. The van der Waals surface area contributed by atoms with E-state index in [4.69, 9.17) is 0 Å². The van der Waals surface area contributed by atoms with Gasteiger partial charge in [-0.3, -0.25) is 0 Å². The Kier molecular flexibility index (Phi) is 3.33. The van der Waals surface area contributed by atoms with E-state index in [2.05, 4.69) is 64.1 Å². The molecule has 2 aromatic carbocycles. The molecular weight excluding hydrogens is 204 g/mol. The highest BCUT2D eigenvalue weighted by Gasteiger charge is 2.06. The summed E-state index contributed by atoms with van der Waals surface area (Å²) >= 11 is 0. The lowest BCUT2D eigenvalue weighted by Gasteiger charge is -2.12. The van der Waals surface area contributed by atoms with Gasteiger partial charge in [-0.05, 0) is 55.0 Å². The van der Waals surface area contributed by atoms with Crippen molar-refractivity contribution in [3.8, 4) is 11.1 Å². The van der Waals surface area contributed by atoms with E-state index in [9.17, 15) is 0 Å². The molecule has 0 amide bonds. The minimum atomic E-state index is 1.10. The van der Waals surface area contributed by atoms with Crippen LogP contribution in [0.4, 0.5) is 0 Å². The predicted molar refractivity (Wildman–Crippen MR) is 75.5 cm³/mol. The molecule has 0 unspecified atom stereocenters. The minimum absolute atomic E-state index is 1.10. The molecule has 0 radical (unpaired) electrons. The summed E-state index contributed by atoms with van der Waals surface area (Å²) in [5, 5.41) is 0. The van der Waals surface area contributed by atoms with Crippen LogP contribution in [0.15, 0.2) is 36.4 Å². The summed E-state index contributed by atoms with van der Waals surface area (Å²) in [5.74, 6) is 0. The van der Waals surface area contributed by atoms with Crippen molar-refractivity contribution >= 4 is 0 Å². The molecule has 0 aliphatic carbocycles. The first-order chi connectivity index (χ1) is 8.11. The lowest BCUT2D eigenvalue weighted by molar-refractivity contribution is 1.14. The fourth-order valence-corrected chi connectivity index (χ4v) is 2.54. The molecule has 2 rings (SSSR count). The Bertz CT molecular complexity index is 495. The first kappa shape index (κ1) is 11.9. The van der Waals surface area contributed by atoms with Gasteiger partial charge in [0.1, 0.15) is 0 Å². The highest BCUT2D eigenvalue weighted by molar-refractivity contribution is 5.71. The zero-order valence-electron chi connectivity index (χ0n) is 11.2. The molecule has 0 bridgehead atoms. The van der Waals surface area contributed by atoms with Gasteiger partial charge in [0.2, 0.25) is 0 Å². The third-order valence-corrected chi connectivity index (χ3v) is 3.33. The van der Waals surface area contributed by atoms with Crippen molar-refractivity contribution in [1.82, 2.24) is 0 Å². The smallest absolute Gasteiger partial charge is 0.0125 e. The Labute approximate surface area is 104 Å². The maximum Gasteiger partial charge on any atom is -0.0125 e. The molecule has 2 aromatic rings. The van der Waals surface area contributed by atoms with Gasteiger partial charge in [-0.2, -0.15) is 0 Å². The summed E-state index contributed by atoms with van der Waals surface area (Å²) in [4.78, 5) is 0. The molecule has 17 heavy (non-hydrogen) atoms. The number of rotatable bonds is 2. The highest BCUT2D eigenvalue weighted by atomic mass is 14.1. The second kappa shape index (κ2) is 4.75. The van der Waals surface area contributed by atoms with Crippen molar-refractivity contribution in [2.45, 2.75) is 34.1 Å². The Morgan fingerprint density at radius 3 is 1.82 bits per heavy atom. The second-order valence-electron chi connectivity index (χ2n) is 4.82. The first-order valence-electron chi connectivity index (χ1n) is 6.29. The zero-order chi connectivity index (χ0) is 12.4. The zero-order valence-corrected chi connectivity index (χ0v) is 11.2. The van der Waals surface area contributed by atoms with Gasteiger partial charge in [0.25, 0.3) is 0 Å². The molecule has 0 aromatic heterocycles. The Morgan fingerprint density at radius 2 is 1.35 bits per heavy atom. The molecule has 0 heterocycles. The molecule has 0 spiro atoms. The number of aryl methyl sites for hydroxylation is 4. The van der Waals surface area contributed by atoms with Crippen molar-refractivity contribution < 1.29 is 0 Å². The van der Waals surface area contributed by atoms with Crippen molar-refractivity contribution in [1.29, 1.82) is 0 Å². The van der Waals surface area contributed by atoms with Gasteiger partial charge in [0.05, 0.1) is 0 Å². The highest BCUT2D eigenvalue weighted by Crippen LogP contribution is 2.28. The summed E-state index contributed by atoms with van der Waals surface area (Å²) < 4.78 is 0. The van der Waals surface area contributed by atoms with Crippen LogP contribution in [0, 0.1) is 20.8 Å². The van der Waals surface area contributed by atoms with E-state index < -0.39 is 0 Å². The molecule has 0 nitrogen and oxygen atoms in total. The maximum atomic E-state index is 2.26. The van der Waals surface area contributed by atoms with Crippen LogP contribution in [0.3, 0.4) is 0 Å². The van der Waals surface area contributed by atoms with Crippen LogP contribution in [-0.4, -0.2) is 0 Å². The summed E-state index contributed by atoms with van der Waals surface area (Å²) in [6.07, 6.45) is 1.10. The monoisotopic (exact) mass is 224 g/mol. The van der Waals surface area contributed by atoms with Gasteiger partial charge in [0, 0.05) is 0 Å². The first-order valence-corrected chi connectivity index (χ1v) is 6.29. The Morgan fingerprint density at radius 1 is 0.824 bits per heavy atom. The Hall–Kier alpha value is -1.56. The molecule has 0 saturated heterocycles. The van der Waals surface area contributed by atoms with Crippen LogP contribution in [0.1, 0.15) is 29.2 Å². The van der Waals surface area contributed by atoms with E-state index in [1.807, 2.05) is 0 Å². The van der Waals surface area contributed by atoms with Crippen molar-refractivity contribution in [2.75, 3.05) is 0 Å². The quantitative estimate of drug-likeness (QED) is 0.684. The van der Waals surface area contributed by atoms with Crippen LogP contribution in [0.5, 0.6) is 0 Å². The average Bonchev–Trinajstić information content (AvgIpc) is 2.28.